The van der Waals surface area contributed by atoms with Crippen LogP contribution in [0.5, 0.6) is 0 Å². The van der Waals surface area contributed by atoms with Crippen molar-refractivity contribution in [2.45, 2.75) is 63.1 Å². The summed E-state index contributed by atoms with van der Waals surface area (Å²) in [5, 5.41) is 40.6. The van der Waals surface area contributed by atoms with Crippen LogP contribution < -0.4 is 0 Å². The molecule has 1 aliphatic heterocycles. The van der Waals surface area contributed by atoms with Gasteiger partial charge in [-0.1, -0.05) is 43.0 Å². The van der Waals surface area contributed by atoms with Crippen molar-refractivity contribution in [3.63, 3.8) is 0 Å². The number of aliphatic hydroxyl groups excluding tert-OH is 4. The zero-order chi connectivity index (χ0) is 21.4. The molecule has 2 aromatic carbocycles. The van der Waals surface area contributed by atoms with Gasteiger partial charge >= 0.3 is 0 Å². The summed E-state index contributed by atoms with van der Waals surface area (Å²) in [7, 11) is 0. The van der Waals surface area contributed by atoms with Crippen LogP contribution in [0, 0.1) is 6.92 Å². The van der Waals surface area contributed by atoms with Gasteiger partial charge in [0.2, 0.25) is 0 Å². The predicted molar refractivity (Wildman–Crippen MR) is 115 cm³/mol. The monoisotopic (exact) mass is 410 g/mol. The van der Waals surface area contributed by atoms with Gasteiger partial charge in [0.25, 0.3) is 0 Å². The highest BCUT2D eigenvalue weighted by atomic mass is 16.5. The molecule has 5 atom stereocenters. The van der Waals surface area contributed by atoms with E-state index in [1.807, 2.05) is 13.0 Å². The van der Waals surface area contributed by atoms with Crippen molar-refractivity contribution in [1.29, 1.82) is 0 Å². The van der Waals surface area contributed by atoms with Gasteiger partial charge in [0.1, 0.15) is 30.5 Å². The van der Waals surface area contributed by atoms with Gasteiger partial charge in [-0.15, -0.1) is 0 Å². The van der Waals surface area contributed by atoms with Crippen LogP contribution in [0.1, 0.15) is 51.5 Å². The molecule has 160 valence electrons. The quantitative estimate of drug-likeness (QED) is 0.607. The first-order valence-electron chi connectivity index (χ1n) is 10.6. The first kappa shape index (κ1) is 21.2. The Labute approximate surface area is 177 Å². The van der Waals surface area contributed by atoms with E-state index in [9.17, 15) is 20.4 Å². The molecule has 0 spiro atoms. The second kappa shape index (κ2) is 8.61. The van der Waals surface area contributed by atoms with Gasteiger partial charge in [-0.2, -0.15) is 0 Å². The fourth-order valence-electron chi connectivity index (χ4n) is 4.87. The molecule has 0 aromatic heterocycles. The lowest BCUT2D eigenvalue weighted by Gasteiger charge is -2.41. The average Bonchev–Trinajstić information content (AvgIpc) is 3.26. The van der Waals surface area contributed by atoms with Crippen molar-refractivity contribution in [2.75, 3.05) is 6.61 Å². The molecule has 5 nitrogen and oxygen atoms in total. The summed E-state index contributed by atoms with van der Waals surface area (Å²) in [5.41, 5.74) is 8.03. The number of hydrogen-bond acceptors (Lipinski definition) is 5. The molecule has 1 saturated heterocycles. The number of fused-ring (bicyclic) bond motifs is 1. The zero-order valence-electron chi connectivity index (χ0n) is 17.3. The zero-order valence-corrected chi connectivity index (χ0v) is 17.3. The second-order valence-electron chi connectivity index (χ2n) is 8.43. The first-order valence-corrected chi connectivity index (χ1v) is 10.6. The molecule has 2 aliphatic rings. The van der Waals surface area contributed by atoms with Gasteiger partial charge in [-0.05, 0) is 71.6 Å². The van der Waals surface area contributed by atoms with E-state index in [0.29, 0.717) is 0 Å². The number of rotatable bonds is 5. The van der Waals surface area contributed by atoms with Crippen LogP contribution in [0.2, 0.25) is 0 Å². The Morgan fingerprint density at radius 2 is 1.73 bits per heavy atom. The topological polar surface area (TPSA) is 90.2 Å². The summed E-state index contributed by atoms with van der Waals surface area (Å²) in [5.74, 6) is 0. The Balaban J connectivity index is 1.73. The van der Waals surface area contributed by atoms with Crippen LogP contribution in [-0.2, 0) is 24.0 Å². The van der Waals surface area contributed by atoms with E-state index in [1.165, 1.54) is 22.3 Å². The van der Waals surface area contributed by atoms with Crippen molar-refractivity contribution >= 4 is 6.08 Å². The molecule has 30 heavy (non-hydrogen) atoms. The van der Waals surface area contributed by atoms with Crippen molar-refractivity contribution < 1.29 is 25.2 Å². The van der Waals surface area contributed by atoms with Crippen LogP contribution in [0.4, 0.5) is 0 Å². The van der Waals surface area contributed by atoms with Crippen molar-refractivity contribution in [3.05, 3.63) is 75.9 Å². The Kier molecular flexibility index (Phi) is 6.09. The maximum absolute atomic E-state index is 10.7. The third-order valence-electron chi connectivity index (χ3n) is 6.63. The lowest BCUT2D eigenvalue weighted by Crippen LogP contribution is -2.55. The fraction of sp³-hybridized carbons (Fsp3) is 0.440. The lowest BCUT2D eigenvalue weighted by molar-refractivity contribution is -0.231. The van der Waals surface area contributed by atoms with E-state index in [0.717, 1.165) is 42.4 Å². The summed E-state index contributed by atoms with van der Waals surface area (Å²) < 4.78 is 5.87. The molecular weight excluding hydrogens is 380 g/mol. The minimum absolute atomic E-state index is 0.423. The molecule has 0 amide bonds. The van der Waals surface area contributed by atoms with Gasteiger partial charge in [0.15, 0.2) is 0 Å². The van der Waals surface area contributed by atoms with E-state index in [2.05, 4.69) is 36.9 Å². The minimum Gasteiger partial charge on any atom is -0.394 e. The maximum atomic E-state index is 10.7. The summed E-state index contributed by atoms with van der Waals surface area (Å²) >= 11 is 0. The molecular formula is C25H30O5. The average molecular weight is 411 g/mol. The molecule has 0 saturated carbocycles. The molecule has 1 heterocycles. The standard InChI is InChI=1S/C25H30O5/c1-3-15-7-9-16(10-8-15)11-17-12-20(14(2)18-5-4-6-19(17)18)25-24(29)23(28)22(27)21(13-26)30-25/h3,7-10,12,21-29H,1,4-6,11,13H2,2H3/t21-,22-,23+,24-,25+/m1/s1. The number of ether oxygens (including phenoxy) is 1. The molecule has 1 aliphatic carbocycles. The fourth-order valence-corrected chi connectivity index (χ4v) is 4.87. The van der Waals surface area contributed by atoms with E-state index in [4.69, 9.17) is 4.74 Å². The Bertz CT molecular complexity index is 918. The molecule has 0 unspecified atom stereocenters. The van der Waals surface area contributed by atoms with Crippen molar-refractivity contribution in [3.8, 4) is 0 Å². The highest BCUT2D eigenvalue weighted by Gasteiger charge is 2.44. The molecule has 5 heteroatoms. The second-order valence-corrected chi connectivity index (χ2v) is 8.43. The molecule has 2 aromatic rings. The van der Waals surface area contributed by atoms with E-state index >= 15 is 0 Å². The molecule has 0 bridgehead atoms. The molecule has 1 fully saturated rings. The van der Waals surface area contributed by atoms with Crippen molar-refractivity contribution in [2.24, 2.45) is 0 Å². The van der Waals surface area contributed by atoms with Crippen LogP contribution in [-0.4, -0.2) is 51.4 Å². The third kappa shape index (κ3) is 3.72. The van der Waals surface area contributed by atoms with Gasteiger partial charge in [-0.25, -0.2) is 0 Å². The normalized spacial score (nSPS) is 28.4. The first-order chi connectivity index (χ1) is 14.4. The van der Waals surface area contributed by atoms with Gasteiger partial charge in [-0.3, -0.25) is 0 Å². The number of hydrogen-bond donors (Lipinski definition) is 4. The summed E-state index contributed by atoms with van der Waals surface area (Å²) in [6.45, 7) is 5.41. The summed E-state index contributed by atoms with van der Waals surface area (Å²) in [4.78, 5) is 0. The predicted octanol–water partition coefficient (Wildman–Crippen LogP) is 2.23. The number of aliphatic hydroxyl groups is 4. The third-order valence-corrected chi connectivity index (χ3v) is 6.63. The lowest BCUT2D eigenvalue weighted by atomic mass is 9.84. The van der Waals surface area contributed by atoms with E-state index in [-0.39, 0.29) is 0 Å². The van der Waals surface area contributed by atoms with Crippen molar-refractivity contribution in [1.82, 2.24) is 0 Å². The Morgan fingerprint density at radius 1 is 1.03 bits per heavy atom. The summed E-state index contributed by atoms with van der Waals surface area (Å²) in [6.07, 6.45) is 0.0125. The number of benzene rings is 2. The smallest absolute Gasteiger partial charge is 0.113 e. The van der Waals surface area contributed by atoms with Crippen LogP contribution in [0.25, 0.3) is 6.08 Å². The molecule has 4 rings (SSSR count). The molecule has 4 N–H and O–H groups in total. The highest BCUT2D eigenvalue weighted by Crippen LogP contribution is 2.39. The highest BCUT2D eigenvalue weighted by molar-refractivity contribution is 5.52. The minimum atomic E-state index is -1.37. The molecule has 0 radical (unpaired) electrons. The van der Waals surface area contributed by atoms with Gasteiger partial charge in [0, 0.05) is 0 Å². The van der Waals surface area contributed by atoms with Crippen LogP contribution >= 0.6 is 0 Å². The largest absolute Gasteiger partial charge is 0.394 e. The van der Waals surface area contributed by atoms with E-state index in [1.54, 1.807) is 0 Å². The Morgan fingerprint density at radius 3 is 2.40 bits per heavy atom. The maximum Gasteiger partial charge on any atom is 0.113 e. The SMILES string of the molecule is C=Cc1ccc(Cc2cc([C@@H]3O[C@H](CO)[C@@H](O)[C@H](O)[C@H]3O)c(C)c3c2CCC3)cc1. The van der Waals surface area contributed by atoms with Crippen LogP contribution in [0.15, 0.2) is 36.9 Å². The van der Waals surface area contributed by atoms with E-state index < -0.39 is 37.1 Å². The van der Waals surface area contributed by atoms with Gasteiger partial charge in [0.05, 0.1) is 6.61 Å². The summed E-state index contributed by atoms with van der Waals surface area (Å²) in [6, 6.07) is 10.4. The van der Waals surface area contributed by atoms with Gasteiger partial charge < -0.3 is 25.2 Å². The van der Waals surface area contributed by atoms with Crippen LogP contribution in [0.3, 0.4) is 0 Å². The Hall–Kier alpha value is -2.02.